The summed E-state index contributed by atoms with van der Waals surface area (Å²) in [7, 11) is 0. The quantitative estimate of drug-likeness (QED) is 0.377. The molecule has 0 unspecified atom stereocenters. The number of fused-ring (bicyclic) bond motifs is 1. The highest BCUT2D eigenvalue weighted by Crippen LogP contribution is 2.27. The van der Waals surface area contributed by atoms with E-state index in [-0.39, 0.29) is 24.4 Å². The van der Waals surface area contributed by atoms with Gasteiger partial charge in [-0.15, -0.1) is 10.2 Å². The monoisotopic (exact) mass is 490 g/mol. The number of rotatable bonds is 8. The number of ether oxygens (including phenoxy) is 1. The normalized spacial score (nSPS) is 13.2. The molecule has 0 saturated carbocycles. The van der Waals surface area contributed by atoms with Gasteiger partial charge in [0.1, 0.15) is 17.4 Å². The van der Waals surface area contributed by atoms with E-state index in [0.717, 1.165) is 49.4 Å². The number of amides is 1. The van der Waals surface area contributed by atoms with Crippen LogP contribution in [-0.2, 0) is 24.2 Å². The van der Waals surface area contributed by atoms with Crippen molar-refractivity contribution in [3.8, 4) is 28.5 Å². The average molecular weight is 491 g/mol. The molecule has 186 valence electrons. The van der Waals surface area contributed by atoms with Crippen LogP contribution < -0.4 is 10.1 Å². The first-order valence-corrected chi connectivity index (χ1v) is 12.2. The average Bonchev–Trinajstić information content (AvgIpc) is 3.46. The van der Waals surface area contributed by atoms with E-state index in [1.54, 1.807) is 12.1 Å². The van der Waals surface area contributed by atoms with E-state index in [0.29, 0.717) is 29.7 Å². The maximum atomic E-state index is 14.5. The molecule has 0 radical (unpaired) electrons. The molecular formula is C26H27FN6O3. The summed E-state index contributed by atoms with van der Waals surface area (Å²) >= 11 is 0. The lowest BCUT2D eigenvalue weighted by Gasteiger charge is -2.10. The Bertz CT molecular complexity index is 1350. The molecule has 4 aromatic rings. The Morgan fingerprint density at radius 2 is 1.94 bits per heavy atom. The summed E-state index contributed by atoms with van der Waals surface area (Å²) in [4.78, 5) is 16.9. The molecule has 36 heavy (non-hydrogen) atoms. The number of carbonyl (C=O) groups excluding carboxylic acids is 1. The first kappa shape index (κ1) is 23.7. The van der Waals surface area contributed by atoms with Gasteiger partial charge in [-0.25, -0.2) is 4.39 Å². The molecule has 0 spiro atoms. The van der Waals surface area contributed by atoms with Gasteiger partial charge in [-0.05, 0) is 62.2 Å². The molecule has 0 bridgehead atoms. The van der Waals surface area contributed by atoms with Gasteiger partial charge in [-0.3, -0.25) is 4.79 Å². The van der Waals surface area contributed by atoms with Gasteiger partial charge in [-0.1, -0.05) is 11.6 Å². The number of nitrogens with one attached hydrogen (secondary N) is 1. The van der Waals surface area contributed by atoms with Crippen LogP contribution in [0.3, 0.4) is 0 Å². The van der Waals surface area contributed by atoms with Crippen LogP contribution in [0, 0.1) is 5.82 Å². The lowest BCUT2D eigenvalue weighted by atomic mass is 10.1. The van der Waals surface area contributed by atoms with Gasteiger partial charge >= 0.3 is 0 Å². The Kier molecular flexibility index (Phi) is 7.01. The number of halogens is 1. The summed E-state index contributed by atoms with van der Waals surface area (Å²) in [5.41, 5.74) is 1.59. The fourth-order valence-corrected chi connectivity index (χ4v) is 4.23. The van der Waals surface area contributed by atoms with Gasteiger partial charge < -0.3 is 19.1 Å². The van der Waals surface area contributed by atoms with Crippen molar-refractivity contribution in [1.82, 2.24) is 24.9 Å². The summed E-state index contributed by atoms with van der Waals surface area (Å²) in [6, 6.07) is 12.0. The van der Waals surface area contributed by atoms with Crippen LogP contribution in [-0.4, -0.2) is 37.4 Å². The van der Waals surface area contributed by atoms with Crippen molar-refractivity contribution in [2.75, 3.05) is 11.9 Å². The first-order valence-electron chi connectivity index (χ1n) is 12.2. The zero-order valence-electron chi connectivity index (χ0n) is 20.0. The molecule has 1 aliphatic heterocycles. The minimum atomic E-state index is -0.515. The van der Waals surface area contributed by atoms with Crippen molar-refractivity contribution in [3.63, 3.8) is 0 Å². The third kappa shape index (κ3) is 5.27. The smallest absolute Gasteiger partial charge is 0.227 e. The molecule has 2 aromatic heterocycles. The molecule has 5 rings (SSSR count). The van der Waals surface area contributed by atoms with Gasteiger partial charge in [-0.2, -0.15) is 4.98 Å². The minimum Gasteiger partial charge on any atom is -0.494 e. The summed E-state index contributed by atoms with van der Waals surface area (Å²) < 4.78 is 27.3. The third-order valence-corrected chi connectivity index (χ3v) is 6.07. The highest BCUT2D eigenvalue weighted by Gasteiger charge is 2.18. The van der Waals surface area contributed by atoms with E-state index in [9.17, 15) is 9.18 Å². The van der Waals surface area contributed by atoms with Gasteiger partial charge in [0.2, 0.25) is 17.6 Å². The van der Waals surface area contributed by atoms with Gasteiger partial charge in [0.15, 0.2) is 5.82 Å². The predicted octanol–water partition coefficient (Wildman–Crippen LogP) is 4.83. The molecule has 1 amide bonds. The SMILES string of the molecule is CCOc1ccc(-c2noc(CCC(=O)Nc3cc(-c4nnc5n4CCCCC5)ccc3F)n2)cc1. The molecule has 1 N–H and O–H groups in total. The van der Waals surface area contributed by atoms with Crippen LogP contribution in [0.5, 0.6) is 5.75 Å². The zero-order valence-corrected chi connectivity index (χ0v) is 20.0. The number of benzene rings is 2. The molecule has 0 fully saturated rings. The number of hydrogen-bond donors (Lipinski definition) is 1. The number of aromatic nitrogens is 5. The summed E-state index contributed by atoms with van der Waals surface area (Å²) in [6.45, 7) is 3.34. The van der Waals surface area contributed by atoms with Crippen LogP contribution in [0.15, 0.2) is 47.0 Å². The maximum Gasteiger partial charge on any atom is 0.227 e. The van der Waals surface area contributed by atoms with Crippen LogP contribution in [0.1, 0.15) is 44.3 Å². The Morgan fingerprint density at radius 1 is 1.11 bits per heavy atom. The van der Waals surface area contributed by atoms with Crippen LogP contribution >= 0.6 is 0 Å². The van der Waals surface area contributed by atoms with Crippen molar-refractivity contribution < 1.29 is 18.4 Å². The minimum absolute atomic E-state index is 0.0644. The number of hydrogen-bond acceptors (Lipinski definition) is 7. The van der Waals surface area contributed by atoms with Crippen LogP contribution in [0.2, 0.25) is 0 Å². The topological polar surface area (TPSA) is 108 Å². The van der Waals surface area contributed by atoms with Gasteiger partial charge in [0.25, 0.3) is 0 Å². The van der Waals surface area contributed by atoms with Gasteiger partial charge in [0, 0.05) is 36.9 Å². The molecular weight excluding hydrogens is 463 g/mol. The number of anilines is 1. The van der Waals surface area contributed by atoms with E-state index in [1.165, 1.54) is 6.07 Å². The lowest BCUT2D eigenvalue weighted by molar-refractivity contribution is -0.116. The molecule has 2 aromatic carbocycles. The molecule has 9 nitrogen and oxygen atoms in total. The summed E-state index contributed by atoms with van der Waals surface area (Å²) in [5, 5.41) is 15.3. The fourth-order valence-electron chi connectivity index (χ4n) is 4.23. The third-order valence-electron chi connectivity index (χ3n) is 6.07. The Morgan fingerprint density at radius 3 is 2.78 bits per heavy atom. The molecule has 0 atom stereocenters. The number of aryl methyl sites for hydroxylation is 2. The van der Waals surface area contributed by atoms with Crippen molar-refractivity contribution in [2.24, 2.45) is 0 Å². The zero-order chi connectivity index (χ0) is 24.9. The molecule has 10 heteroatoms. The van der Waals surface area contributed by atoms with Crippen LogP contribution in [0.25, 0.3) is 22.8 Å². The first-order chi connectivity index (χ1) is 17.6. The van der Waals surface area contributed by atoms with Gasteiger partial charge in [0.05, 0.1) is 12.3 Å². The standard InChI is InChI=1S/C26H27FN6O3/c1-2-35-19-10-7-17(8-11-19)25-29-24(36-32-25)14-13-23(34)28-21-16-18(9-12-20(21)27)26-31-30-22-6-4-3-5-15-33(22)26/h7-12,16H,2-6,13-15H2,1H3,(H,28,34). The van der Waals surface area contributed by atoms with Crippen molar-refractivity contribution >= 4 is 11.6 Å². The van der Waals surface area contributed by atoms with E-state index < -0.39 is 5.82 Å². The highest BCUT2D eigenvalue weighted by atomic mass is 19.1. The van der Waals surface area contributed by atoms with Crippen LogP contribution in [0.4, 0.5) is 10.1 Å². The summed E-state index contributed by atoms with van der Waals surface area (Å²) in [6.07, 6.45) is 4.47. The van der Waals surface area contributed by atoms with E-state index >= 15 is 0 Å². The lowest BCUT2D eigenvalue weighted by Crippen LogP contribution is -2.14. The second-order valence-corrected chi connectivity index (χ2v) is 8.61. The molecule has 0 saturated heterocycles. The molecule has 0 aliphatic carbocycles. The maximum absolute atomic E-state index is 14.5. The Balaban J connectivity index is 1.22. The fraction of sp³-hybridized carbons (Fsp3) is 0.346. The Hall–Kier alpha value is -4.08. The Labute approximate surface area is 207 Å². The van der Waals surface area contributed by atoms with Crippen molar-refractivity contribution in [3.05, 3.63) is 60.0 Å². The largest absolute Gasteiger partial charge is 0.494 e. The number of carbonyl (C=O) groups is 1. The number of nitrogens with zero attached hydrogens (tertiary/aromatic N) is 5. The van der Waals surface area contributed by atoms with Crippen molar-refractivity contribution in [2.45, 2.75) is 52.0 Å². The second kappa shape index (κ2) is 10.7. The van der Waals surface area contributed by atoms with E-state index in [1.807, 2.05) is 31.2 Å². The van der Waals surface area contributed by atoms with E-state index in [4.69, 9.17) is 9.26 Å². The molecule has 3 heterocycles. The van der Waals surface area contributed by atoms with Crippen molar-refractivity contribution in [1.29, 1.82) is 0 Å². The molecule has 1 aliphatic rings. The van der Waals surface area contributed by atoms with E-state index in [2.05, 4.69) is 30.2 Å². The second-order valence-electron chi connectivity index (χ2n) is 8.61. The predicted molar refractivity (Wildman–Crippen MR) is 131 cm³/mol. The highest BCUT2D eigenvalue weighted by molar-refractivity contribution is 5.91. The summed E-state index contributed by atoms with van der Waals surface area (Å²) in [5.74, 6) is 2.29.